The van der Waals surface area contributed by atoms with E-state index in [1.54, 1.807) is 0 Å². The first kappa shape index (κ1) is 18.0. The van der Waals surface area contributed by atoms with Crippen LogP contribution in [0.5, 0.6) is 0 Å². The molecule has 18 heavy (non-hydrogen) atoms. The Labute approximate surface area is 117 Å². The van der Waals surface area contributed by atoms with Gasteiger partial charge in [0.05, 0.1) is 0 Å². The second kappa shape index (κ2) is 13.4. The third-order valence-corrected chi connectivity index (χ3v) is 3.98. The average molecular weight is 253 g/mol. The minimum absolute atomic E-state index is 0.889. The molecular weight excluding hydrogens is 216 g/mol. The lowest BCUT2D eigenvalue weighted by molar-refractivity contribution is 0.437. The van der Waals surface area contributed by atoms with Crippen molar-refractivity contribution < 1.29 is 0 Å². The molecule has 0 saturated heterocycles. The summed E-state index contributed by atoms with van der Waals surface area (Å²) in [5.41, 5.74) is 0. The highest BCUT2D eigenvalue weighted by atomic mass is 14.1. The van der Waals surface area contributed by atoms with Crippen LogP contribution in [0.3, 0.4) is 0 Å². The Kier molecular flexibility index (Phi) is 13.4. The summed E-state index contributed by atoms with van der Waals surface area (Å²) in [5.74, 6) is 1.85. The van der Waals surface area contributed by atoms with Gasteiger partial charge < -0.3 is 0 Å². The molecule has 0 aromatic carbocycles. The van der Waals surface area contributed by atoms with Crippen molar-refractivity contribution in [3.63, 3.8) is 0 Å². The largest absolute Gasteiger partial charge is 0.0654 e. The topological polar surface area (TPSA) is 0 Å². The lowest BCUT2D eigenvalue weighted by Crippen LogP contribution is -1.99. The Morgan fingerprint density at radius 1 is 0.833 bits per heavy atom. The van der Waals surface area contributed by atoms with Crippen molar-refractivity contribution in [1.29, 1.82) is 0 Å². The third kappa shape index (κ3) is 12.5. The Morgan fingerprint density at radius 3 is 2.17 bits per heavy atom. The van der Waals surface area contributed by atoms with Crippen molar-refractivity contribution in [1.82, 2.24) is 0 Å². The predicted octanol–water partition coefficient (Wildman–Crippen LogP) is 6.79. The summed E-state index contributed by atoms with van der Waals surface area (Å²) in [4.78, 5) is 0. The Balaban J connectivity index is 3.22. The van der Waals surface area contributed by atoms with Gasteiger partial charge in [-0.1, -0.05) is 91.9 Å². The van der Waals surface area contributed by atoms with Crippen LogP contribution in [-0.4, -0.2) is 0 Å². The lowest BCUT2D eigenvalue weighted by atomic mass is 9.93. The summed E-state index contributed by atoms with van der Waals surface area (Å²) in [6, 6.07) is 0. The van der Waals surface area contributed by atoms with Gasteiger partial charge in [-0.2, -0.15) is 0 Å². The van der Waals surface area contributed by atoms with Crippen LogP contribution in [0.15, 0.2) is 0 Å². The molecule has 1 unspecified atom stereocenters. The molecule has 1 atom stereocenters. The fourth-order valence-electron chi connectivity index (χ4n) is 2.53. The van der Waals surface area contributed by atoms with Gasteiger partial charge in [-0.25, -0.2) is 0 Å². The maximum Gasteiger partial charge on any atom is -0.0383 e. The molecule has 0 fully saturated rings. The molecule has 0 heterocycles. The number of unbranched alkanes of at least 4 members (excludes halogenated alkanes) is 6. The Morgan fingerprint density at radius 2 is 1.56 bits per heavy atom. The highest BCUT2D eigenvalue weighted by molar-refractivity contribution is 4.70. The maximum atomic E-state index is 2.56. The van der Waals surface area contributed by atoms with Gasteiger partial charge in [0.15, 0.2) is 0 Å². The fourth-order valence-corrected chi connectivity index (χ4v) is 2.53. The van der Waals surface area contributed by atoms with Crippen LogP contribution in [0, 0.1) is 18.3 Å². The lowest BCUT2D eigenvalue weighted by Gasteiger charge is -2.13. The molecular formula is C18H37. The van der Waals surface area contributed by atoms with Crippen molar-refractivity contribution in [2.75, 3.05) is 0 Å². The van der Waals surface area contributed by atoms with E-state index in [1.165, 1.54) is 70.6 Å². The minimum Gasteiger partial charge on any atom is -0.0654 e. The van der Waals surface area contributed by atoms with Gasteiger partial charge in [-0.05, 0) is 24.7 Å². The fraction of sp³-hybridized carbons (Fsp3) is 0.944. The van der Waals surface area contributed by atoms with Crippen LogP contribution in [-0.2, 0) is 0 Å². The van der Waals surface area contributed by atoms with Crippen LogP contribution < -0.4 is 0 Å². The van der Waals surface area contributed by atoms with E-state index in [4.69, 9.17) is 0 Å². The summed E-state index contributed by atoms with van der Waals surface area (Å²) in [7, 11) is 0. The normalized spacial score (nSPS) is 13.2. The van der Waals surface area contributed by atoms with Gasteiger partial charge in [0, 0.05) is 0 Å². The van der Waals surface area contributed by atoms with Crippen LogP contribution >= 0.6 is 0 Å². The van der Waals surface area contributed by atoms with E-state index in [-0.39, 0.29) is 0 Å². The van der Waals surface area contributed by atoms with Crippen LogP contribution in [0.4, 0.5) is 0 Å². The molecule has 0 aliphatic heterocycles. The van der Waals surface area contributed by atoms with E-state index in [9.17, 15) is 0 Å². The molecule has 0 N–H and O–H groups in total. The highest BCUT2D eigenvalue weighted by Gasteiger charge is 2.05. The quantitative estimate of drug-likeness (QED) is 0.317. The van der Waals surface area contributed by atoms with Crippen LogP contribution in [0.1, 0.15) is 98.3 Å². The molecule has 0 nitrogen and oxygen atoms in total. The minimum atomic E-state index is 0.889. The Hall–Kier alpha value is 0. The molecule has 1 radical (unpaired) electrons. The zero-order valence-electron chi connectivity index (χ0n) is 13.5. The van der Waals surface area contributed by atoms with Gasteiger partial charge in [0.25, 0.3) is 0 Å². The number of hydrogen-bond donors (Lipinski definition) is 0. The van der Waals surface area contributed by atoms with E-state index >= 15 is 0 Å². The maximum absolute atomic E-state index is 2.56. The molecule has 0 heteroatoms. The standard InChI is InChI=1S/C18H37/c1-5-7-15-18(6-2)16-13-11-9-8-10-12-14-17(3)4/h13,17-18H,5-12,14-16H2,1-4H3. The number of rotatable bonds is 13. The van der Waals surface area contributed by atoms with Gasteiger partial charge in [0.2, 0.25) is 0 Å². The molecule has 0 saturated carbocycles. The van der Waals surface area contributed by atoms with Gasteiger partial charge >= 0.3 is 0 Å². The highest BCUT2D eigenvalue weighted by Crippen LogP contribution is 2.20. The van der Waals surface area contributed by atoms with Crippen molar-refractivity contribution >= 4 is 0 Å². The van der Waals surface area contributed by atoms with Gasteiger partial charge in [-0.3, -0.25) is 0 Å². The van der Waals surface area contributed by atoms with Crippen molar-refractivity contribution in [2.45, 2.75) is 98.3 Å². The van der Waals surface area contributed by atoms with E-state index in [0.717, 1.165) is 11.8 Å². The molecule has 0 rings (SSSR count). The summed E-state index contributed by atoms with van der Waals surface area (Å²) < 4.78 is 0. The SMILES string of the molecule is CCCCC(CC)C[CH]CCCCCCC(C)C. The molecule has 0 aromatic heterocycles. The average Bonchev–Trinajstić information content (AvgIpc) is 2.35. The zero-order valence-corrected chi connectivity index (χ0v) is 13.5. The van der Waals surface area contributed by atoms with Crippen LogP contribution in [0.25, 0.3) is 0 Å². The summed E-state index contributed by atoms with van der Waals surface area (Å²) in [6.07, 6.45) is 18.0. The molecule has 0 bridgehead atoms. The zero-order chi connectivity index (χ0) is 13.6. The van der Waals surface area contributed by atoms with Crippen molar-refractivity contribution in [3.8, 4) is 0 Å². The van der Waals surface area contributed by atoms with Crippen molar-refractivity contribution in [3.05, 3.63) is 6.42 Å². The third-order valence-electron chi connectivity index (χ3n) is 3.98. The molecule has 0 amide bonds. The second-order valence-corrected chi connectivity index (χ2v) is 6.33. The van der Waals surface area contributed by atoms with E-state index in [0.29, 0.717) is 0 Å². The number of hydrogen-bond acceptors (Lipinski definition) is 0. The first-order valence-electron chi connectivity index (χ1n) is 8.52. The first-order valence-corrected chi connectivity index (χ1v) is 8.52. The summed E-state index contributed by atoms with van der Waals surface area (Å²) in [6.45, 7) is 9.30. The van der Waals surface area contributed by atoms with Gasteiger partial charge in [0.1, 0.15) is 0 Å². The van der Waals surface area contributed by atoms with Crippen LogP contribution in [0.2, 0.25) is 0 Å². The molecule has 109 valence electrons. The van der Waals surface area contributed by atoms with E-state index < -0.39 is 0 Å². The monoisotopic (exact) mass is 253 g/mol. The molecule has 0 spiro atoms. The second-order valence-electron chi connectivity index (χ2n) is 6.33. The smallest absolute Gasteiger partial charge is 0.0383 e. The summed E-state index contributed by atoms with van der Waals surface area (Å²) in [5, 5.41) is 0. The summed E-state index contributed by atoms with van der Waals surface area (Å²) >= 11 is 0. The molecule has 0 aliphatic rings. The first-order chi connectivity index (χ1) is 8.70. The van der Waals surface area contributed by atoms with E-state index in [1.807, 2.05) is 0 Å². The molecule has 0 aromatic rings. The predicted molar refractivity (Wildman–Crippen MR) is 84.8 cm³/mol. The van der Waals surface area contributed by atoms with E-state index in [2.05, 4.69) is 34.1 Å². The molecule has 0 aliphatic carbocycles. The van der Waals surface area contributed by atoms with Gasteiger partial charge in [-0.15, -0.1) is 0 Å². The Bertz CT molecular complexity index is 148. The van der Waals surface area contributed by atoms with Crippen molar-refractivity contribution in [2.24, 2.45) is 11.8 Å².